The Hall–Kier alpha value is -0.110. The molecular weight excluding hydrogens is 153 g/mol. The summed E-state index contributed by atoms with van der Waals surface area (Å²) in [6.45, 7) is 9.88. The van der Waals surface area contributed by atoms with Crippen LogP contribution in [0.2, 0.25) is 0 Å². The molecular formula is C10H22FN. The average molecular weight is 175 g/mol. The van der Waals surface area contributed by atoms with Gasteiger partial charge < -0.3 is 5.73 Å². The van der Waals surface area contributed by atoms with Crippen molar-refractivity contribution in [2.75, 3.05) is 6.54 Å². The minimum Gasteiger partial charge on any atom is -0.328 e. The molecule has 1 unspecified atom stereocenters. The largest absolute Gasteiger partial charge is 0.328 e. The molecule has 0 saturated heterocycles. The molecule has 74 valence electrons. The molecule has 0 spiro atoms. The van der Waals surface area contributed by atoms with Crippen LogP contribution in [0.1, 0.15) is 41.0 Å². The molecule has 12 heavy (non-hydrogen) atoms. The lowest BCUT2D eigenvalue weighted by atomic mass is 9.73. The van der Waals surface area contributed by atoms with Crippen LogP contribution in [0.3, 0.4) is 0 Å². The van der Waals surface area contributed by atoms with Gasteiger partial charge >= 0.3 is 0 Å². The average Bonchev–Trinajstić information content (AvgIpc) is 1.83. The van der Waals surface area contributed by atoms with Crippen LogP contribution in [-0.2, 0) is 0 Å². The van der Waals surface area contributed by atoms with E-state index in [1.165, 1.54) is 0 Å². The molecule has 0 aliphatic heterocycles. The van der Waals surface area contributed by atoms with Gasteiger partial charge in [0.2, 0.25) is 0 Å². The summed E-state index contributed by atoms with van der Waals surface area (Å²) in [6, 6.07) is 0. The van der Waals surface area contributed by atoms with E-state index in [1.54, 1.807) is 0 Å². The maximum absolute atomic E-state index is 14.2. The molecule has 0 amide bonds. The first-order chi connectivity index (χ1) is 5.23. The molecule has 0 fully saturated rings. The van der Waals surface area contributed by atoms with Gasteiger partial charge in [0, 0.05) is 6.54 Å². The first-order valence-electron chi connectivity index (χ1n) is 4.62. The van der Waals surface area contributed by atoms with Crippen LogP contribution in [0.15, 0.2) is 0 Å². The van der Waals surface area contributed by atoms with Gasteiger partial charge in [0.25, 0.3) is 0 Å². The van der Waals surface area contributed by atoms with Gasteiger partial charge in [-0.05, 0) is 17.8 Å². The van der Waals surface area contributed by atoms with E-state index in [9.17, 15) is 4.39 Å². The summed E-state index contributed by atoms with van der Waals surface area (Å²) in [5.74, 6) is 0.359. The van der Waals surface area contributed by atoms with Crippen molar-refractivity contribution in [2.45, 2.75) is 46.7 Å². The van der Waals surface area contributed by atoms with Crippen molar-refractivity contribution in [2.24, 2.45) is 17.1 Å². The van der Waals surface area contributed by atoms with E-state index in [2.05, 4.69) is 0 Å². The second kappa shape index (κ2) is 3.73. The highest BCUT2D eigenvalue weighted by Crippen LogP contribution is 2.38. The molecule has 1 atom stereocenters. The van der Waals surface area contributed by atoms with Crippen LogP contribution in [0, 0.1) is 11.3 Å². The fraction of sp³-hybridized carbons (Fsp3) is 1.00. The first kappa shape index (κ1) is 11.9. The minimum absolute atomic E-state index is 0.120. The Labute approximate surface area is 75.5 Å². The normalized spacial score (nSPS) is 18.0. The molecule has 0 heterocycles. The first-order valence-corrected chi connectivity index (χ1v) is 4.62. The van der Waals surface area contributed by atoms with E-state index in [-0.39, 0.29) is 12.0 Å². The smallest absolute Gasteiger partial charge is 0.128 e. The van der Waals surface area contributed by atoms with Gasteiger partial charge in [0.15, 0.2) is 0 Å². The highest BCUT2D eigenvalue weighted by atomic mass is 19.1. The topological polar surface area (TPSA) is 26.0 Å². The number of rotatable bonds is 3. The number of hydrogen-bond donors (Lipinski definition) is 1. The molecule has 0 aromatic rings. The molecule has 0 bridgehead atoms. The van der Waals surface area contributed by atoms with Gasteiger partial charge in [-0.2, -0.15) is 0 Å². The van der Waals surface area contributed by atoms with E-state index in [0.29, 0.717) is 12.3 Å². The minimum atomic E-state index is -1.22. The molecule has 0 aromatic carbocycles. The Morgan fingerprint density at radius 3 is 1.75 bits per heavy atom. The van der Waals surface area contributed by atoms with Crippen molar-refractivity contribution < 1.29 is 4.39 Å². The van der Waals surface area contributed by atoms with E-state index in [0.717, 1.165) is 0 Å². The third kappa shape index (κ3) is 2.74. The van der Waals surface area contributed by atoms with Crippen LogP contribution in [0.4, 0.5) is 4.39 Å². The highest BCUT2D eigenvalue weighted by Gasteiger charge is 2.41. The maximum atomic E-state index is 14.2. The maximum Gasteiger partial charge on any atom is 0.128 e. The van der Waals surface area contributed by atoms with Crippen LogP contribution >= 0.6 is 0 Å². The molecule has 0 aliphatic carbocycles. The van der Waals surface area contributed by atoms with Gasteiger partial charge in [-0.15, -0.1) is 0 Å². The summed E-state index contributed by atoms with van der Waals surface area (Å²) >= 11 is 0. The van der Waals surface area contributed by atoms with E-state index >= 15 is 0 Å². The van der Waals surface area contributed by atoms with E-state index in [4.69, 9.17) is 5.73 Å². The molecule has 0 radical (unpaired) electrons. The zero-order chi connectivity index (χ0) is 9.99. The summed E-state index contributed by atoms with van der Waals surface area (Å²) in [5.41, 5.74) is 3.89. The summed E-state index contributed by atoms with van der Waals surface area (Å²) in [5, 5.41) is 0. The Kier molecular flexibility index (Phi) is 3.70. The van der Waals surface area contributed by atoms with Gasteiger partial charge in [-0.25, -0.2) is 4.39 Å². The van der Waals surface area contributed by atoms with Crippen molar-refractivity contribution in [3.05, 3.63) is 0 Å². The molecule has 2 N–H and O–H groups in total. The highest BCUT2D eigenvalue weighted by molar-refractivity contribution is 4.92. The molecule has 0 aromatic heterocycles. The second-order valence-electron chi connectivity index (χ2n) is 5.02. The molecule has 2 heteroatoms. The number of halogens is 1. The third-order valence-corrected chi connectivity index (χ3v) is 2.40. The van der Waals surface area contributed by atoms with Gasteiger partial charge in [-0.1, -0.05) is 34.6 Å². The van der Waals surface area contributed by atoms with Crippen molar-refractivity contribution >= 4 is 0 Å². The molecule has 0 saturated carbocycles. The Bertz CT molecular complexity index is 137. The zero-order valence-corrected chi connectivity index (χ0v) is 8.95. The Balaban J connectivity index is 4.46. The lowest BCUT2D eigenvalue weighted by Gasteiger charge is -2.38. The standard InChI is InChI=1S/C10H22FN/c1-8(2)6-10(11,7-12)9(3,4)5/h8H,6-7,12H2,1-5H3. The summed E-state index contributed by atoms with van der Waals surface area (Å²) in [7, 11) is 0. The van der Waals surface area contributed by atoms with Crippen LogP contribution < -0.4 is 5.73 Å². The van der Waals surface area contributed by atoms with Gasteiger partial charge in [-0.3, -0.25) is 0 Å². The van der Waals surface area contributed by atoms with Crippen LogP contribution in [0.5, 0.6) is 0 Å². The van der Waals surface area contributed by atoms with Crippen molar-refractivity contribution in [1.29, 1.82) is 0 Å². The van der Waals surface area contributed by atoms with Gasteiger partial charge in [0.05, 0.1) is 0 Å². The second-order valence-corrected chi connectivity index (χ2v) is 5.02. The number of hydrogen-bond acceptors (Lipinski definition) is 1. The van der Waals surface area contributed by atoms with Gasteiger partial charge in [0.1, 0.15) is 5.67 Å². The van der Waals surface area contributed by atoms with Crippen molar-refractivity contribution in [3.63, 3.8) is 0 Å². The lowest BCUT2D eigenvalue weighted by molar-refractivity contribution is 0.0177. The Morgan fingerprint density at radius 2 is 1.67 bits per heavy atom. The van der Waals surface area contributed by atoms with E-state index < -0.39 is 5.67 Å². The molecule has 0 rings (SSSR count). The third-order valence-electron chi connectivity index (χ3n) is 2.40. The number of nitrogens with two attached hydrogens (primary N) is 1. The van der Waals surface area contributed by atoms with Crippen molar-refractivity contribution in [1.82, 2.24) is 0 Å². The molecule has 1 nitrogen and oxygen atoms in total. The van der Waals surface area contributed by atoms with Crippen molar-refractivity contribution in [3.8, 4) is 0 Å². The predicted octanol–water partition coefficient (Wildman–Crippen LogP) is 2.75. The monoisotopic (exact) mass is 175 g/mol. The fourth-order valence-electron chi connectivity index (χ4n) is 1.34. The fourth-order valence-corrected chi connectivity index (χ4v) is 1.34. The quantitative estimate of drug-likeness (QED) is 0.701. The van der Waals surface area contributed by atoms with Crippen LogP contribution in [0.25, 0.3) is 0 Å². The summed E-state index contributed by atoms with van der Waals surface area (Å²) < 4.78 is 14.2. The van der Waals surface area contributed by atoms with E-state index in [1.807, 2.05) is 34.6 Å². The number of alkyl halides is 1. The predicted molar refractivity (Wildman–Crippen MR) is 51.8 cm³/mol. The lowest BCUT2D eigenvalue weighted by Crippen LogP contribution is -2.46. The van der Waals surface area contributed by atoms with Crippen LogP contribution in [-0.4, -0.2) is 12.2 Å². The Morgan fingerprint density at radius 1 is 1.25 bits per heavy atom. The molecule has 0 aliphatic rings. The summed E-state index contributed by atoms with van der Waals surface area (Å²) in [4.78, 5) is 0. The SMILES string of the molecule is CC(C)CC(F)(CN)C(C)(C)C. The zero-order valence-electron chi connectivity index (χ0n) is 8.95. The summed E-state index contributed by atoms with van der Waals surface area (Å²) in [6.07, 6.45) is 0.549.